The van der Waals surface area contributed by atoms with Gasteiger partial charge in [-0.3, -0.25) is 4.79 Å². The summed E-state index contributed by atoms with van der Waals surface area (Å²) < 4.78 is 0. The molecule has 0 aromatic heterocycles. The molecule has 1 aliphatic rings. The Morgan fingerprint density at radius 1 is 1.37 bits per heavy atom. The van der Waals surface area contributed by atoms with E-state index in [-0.39, 0.29) is 11.9 Å². The van der Waals surface area contributed by atoms with Gasteiger partial charge in [-0.25, -0.2) is 0 Å². The Morgan fingerprint density at radius 3 is 2.63 bits per heavy atom. The number of nitrogens with two attached hydrogens (primary N) is 1. The van der Waals surface area contributed by atoms with E-state index in [1.54, 1.807) is 0 Å². The lowest BCUT2D eigenvalue weighted by Gasteiger charge is -2.19. The molecule has 19 heavy (non-hydrogen) atoms. The third-order valence-corrected chi connectivity index (χ3v) is 3.66. The van der Waals surface area contributed by atoms with Crippen LogP contribution in [0.15, 0.2) is 30.3 Å². The van der Waals surface area contributed by atoms with Gasteiger partial charge in [-0.05, 0) is 44.1 Å². The Morgan fingerprint density at radius 2 is 2.05 bits per heavy atom. The minimum atomic E-state index is 0.0965. The fourth-order valence-corrected chi connectivity index (χ4v) is 2.34. The highest BCUT2D eigenvalue weighted by Gasteiger charge is 2.32. The molecule has 0 saturated heterocycles. The van der Waals surface area contributed by atoms with E-state index in [0.717, 1.165) is 12.8 Å². The third-order valence-electron chi connectivity index (χ3n) is 3.66. The van der Waals surface area contributed by atoms with Gasteiger partial charge in [-0.1, -0.05) is 30.3 Å². The average molecular weight is 260 g/mol. The second kappa shape index (κ2) is 6.71. The van der Waals surface area contributed by atoms with Crippen LogP contribution in [0.25, 0.3) is 0 Å². The van der Waals surface area contributed by atoms with Gasteiger partial charge in [0, 0.05) is 18.5 Å². The molecular weight excluding hydrogens is 236 g/mol. The topological polar surface area (TPSA) is 55.1 Å². The second-order valence-corrected chi connectivity index (χ2v) is 5.72. The number of hydrogen-bond acceptors (Lipinski definition) is 2. The van der Waals surface area contributed by atoms with E-state index in [4.69, 9.17) is 5.73 Å². The molecule has 104 valence electrons. The second-order valence-electron chi connectivity index (χ2n) is 5.72. The smallest absolute Gasteiger partial charge is 0.220 e. The number of nitrogens with one attached hydrogen (secondary N) is 1. The number of amides is 1. The van der Waals surface area contributed by atoms with Gasteiger partial charge in [0.25, 0.3) is 0 Å². The first kappa shape index (κ1) is 14.1. The number of rotatable bonds is 7. The van der Waals surface area contributed by atoms with E-state index in [1.165, 1.54) is 18.4 Å². The van der Waals surface area contributed by atoms with Crippen molar-refractivity contribution in [3.05, 3.63) is 35.9 Å². The van der Waals surface area contributed by atoms with Gasteiger partial charge in [0.15, 0.2) is 0 Å². The van der Waals surface area contributed by atoms with Crippen LogP contribution in [0.5, 0.6) is 0 Å². The molecule has 2 unspecified atom stereocenters. The van der Waals surface area contributed by atoms with Gasteiger partial charge in [-0.15, -0.1) is 0 Å². The number of benzene rings is 1. The molecule has 1 aromatic rings. The molecule has 0 aliphatic heterocycles. The number of carbonyl (C=O) groups is 1. The molecule has 1 aliphatic carbocycles. The Kier molecular flexibility index (Phi) is 4.97. The van der Waals surface area contributed by atoms with Crippen molar-refractivity contribution in [3.8, 4) is 0 Å². The van der Waals surface area contributed by atoms with Gasteiger partial charge in [0.2, 0.25) is 5.91 Å². The van der Waals surface area contributed by atoms with Crippen LogP contribution in [-0.2, 0) is 11.2 Å². The highest BCUT2D eigenvalue weighted by molar-refractivity contribution is 5.76. The molecule has 0 spiro atoms. The zero-order chi connectivity index (χ0) is 13.7. The standard InChI is InChI=1S/C16H24N2O/c1-12(17)7-10-16(19)18-15(14-8-9-14)11-13-5-3-2-4-6-13/h2-6,12,14-15H,7-11,17H2,1H3,(H,18,19). The average Bonchev–Trinajstić information content (AvgIpc) is 3.21. The van der Waals surface area contributed by atoms with Gasteiger partial charge in [0.1, 0.15) is 0 Å². The summed E-state index contributed by atoms with van der Waals surface area (Å²) in [6, 6.07) is 10.8. The van der Waals surface area contributed by atoms with Crippen molar-refractivity contribution in [2.75, 3.05) is 0 Å². The Balaban J connectivity index is 1.85. The quantitative estimate of drug-likeness (QED) is 0.790. The zero-order valence-electron chi connectivity index (χ0n) is 11.6. The Labute approximate surface area is 115 Å². The largest absolute Gasteiger partial charge is 0.353 e. The van der Waals surface area contributed by atoms with Crippen molar-refractivity contribution in [3.63, 3.8) is 0 Å². The summed E-state index contributed by atoms with van der Waals surface area (Å²) in [6.45, 7) is 1.94. The normalized spacial score (nSPS) is 17.8. The summed E-state index contributed by atoms with van der Waals surface area (Å²) >= 11 is 0. The van der Waals surface area contributed by atoms with Crippen LogP contribution >= 0.6 is 0 Å². The maximum Gasteiger partial charge on any atom is 0.220 e. The van der Waals surface area contributed by atoms with Crippen LogP contribution < -0.4 is 11.1 Å². The van der Waals surface area contributed by atoms with Crippen molar-refractivity contribution >= 4 is 5.91 Å². The lowest BCUT2D eigenvalue weighted by molar-refractivity contribution is -0.122. The van der Waals surface area contributed by atoms with E-state index >= 15 is 0 Å². The Bertz CT molecular complexity index is 398. The first-order valence-corrected chi connectivity index (χ1v) is 7.24. The summed E-state index contributed by atoms with van der Waals surface area (Å²) in [6.07, 6.45) is 4.72. The van der Waals surface area contributed by atoms with Crippen LogP contribution in [-0.4, -0.2) is 18.0 Å². The van der Waals surface area contributed by atoms with Crippen LogP contribution in [0.2, 0.25) is 0 Å². The minimum absolute atomic E-state index is 0.0965. The maximum atomic E-state index is 11.9. The molecule has 3 N–H and O–H groups in total. The maximum absolute atomic E-state index is 11.9. The molecule has 3 heteroatoms. The van der Waals surface area contributed by atoms with E-state index in [9.17, 15) is 4.79 Å². The highest BCUT2D eigenvalue weighted by Crippen LogP contribution is 2.34. The van der Waals surface area contributed by atoms with Gasteiger partial charge in [0.05, 0.1) is 0 Å². The van der Waals surface area contributed by atoms with Gasteiger partial charge in [-0.2, -0.15) is 0 Å². The molecular formula is C16H24N2O. The van der Waals surface area contributed by atoms with Crippen molar-refractivity contribution in [1.29, 1.82) is 0 Å². The fraction of sp³-hybridized carbons (Fsp3) is 0.562. The van der Waals surface area contributed by atoms with Crippen molar-refractivity contribution in [2.45, 2.75) is 51.1 Å². The fourth-order valence-electron chi connectivity index (χ4n) is 2.34. The van der Waals surface area contributed by atoms with Crippen molar-refractivity contribution in [2.24, 2.45) is 11.7 Å². The minimum Gasteiger partial charge on any atom is -0.353 e. The molecule has 2 atom stereocenters. The number of carbonyl (C=O) groups excluding carboxylic acids is 1. The first-order chi connectivity index (χ1) is 9.15. The molecule has 1 aromatic carbocycles. The molecule has 0 radical (unpaired) electrons. The monoisotopic (exact) mass is 260 g/mol. The highest BCUT2D eigenvalue weighted by atomic mass is 16.1. The molecule has 0 bridgehead atoms. The van der Waals surface area contributed by atoms with Crippen LogP contribution in [0.1, 0.15) is 38.2 Å². The molecule has 1 amide bonds. The lowest BCUT2D eigenvalue weighted by Crippen LogP contribution is -2.38. The van der Waals surface area contributed by atoms with Crippen LogP contribution in [0.3, 0.4) is 0 Å². The summed E-state index contributed by atoms with van der Waals surface area (Å²) in [5, 5.41) is 3.19. The van der Waals surface area contributed by atoms with E-state index in [2.05, 4.69) is 29.6 Å². The van der Waals surface area contributed by atoms with E-state index in [1.807, 2.05) is 13.0 Å². The predicted molar refractivity (Wildman–Crippen MR) is 77.7 cm³/mol. The predicted octanol–water partition coefficient (Wildman–Crippen LogP) is 2.25. The first-order valence-electron chi connectivity index (χ1n) is 7.24. The Hall–Kier alpha value is -1.35. The molecule has 0 heterocycles. The van der Waals surface area contributed by atoms with E-state index in [0.29, 0.717) is 18.4 Å². The summed E-state index contributed by atoms with van der Waals surface area (Å²) in [7, 11) is 0. The molecule has 2 rings (SSSR count). The SMILES string of the molecule is CC(N)CCC(=O)NC(Cc1ccccc1)C1CC1. The van der Waals surface area contributed by atoms with Crippen LogP contribution in [0, 0.1) is 5.92 Å². The van der Waals surface area contributed by atoms with Gasteiger partial charge < -0.3 is 11.1 Å². The van der Waals surface area contributed by atoms with E-state index < -0.39 is 0 Å². The van der Waals surface area contributed by atoms with Crippen molar-refractivity contribution < 1.29 is 4.79 Å². The van der Waals surface area contributed by atoms with Crippen molar-refractivity contribution in [1.82, 2.24) is 5.32 Å². The summed E-state index contributed by atoms with van der Waals surface area (Å²) in [5.41, 5.74) is 6.99. The van der Waals surface area contributed by atoms with Gasteiger partial charge >= 0.3 is 0 Å². The number of hydrogen-bond donors (Lipinski definition) is 2. The zero-order valence-corrected chi connectivity index (χ0v) is 11.6. The lowest BCUT2D eigenvalue weighted by atomic mass is 10.0. The van der Waals surface area contributed by atoms with Crippen LogP contribution in [0.4, 0.5) is 0 Å². The molecule has 3 nitrogen and oxygen atoms in total. The third kappa shape index (κ3) is 5.03. The summed E-state index contributed by atoms with van der Waals surface area (Å²) in [4.78, 5) is 11.9. The molecule has 1 fully saturated rings. The molecule has 1 saturated carbocycles. The summed E-state index contributed by atoms with van der Waals surface area (Å²) in [5.74, 6) is 0.810.